The summed E-state index contributed by atoms with van der Waals surface area (Å²) < 4.78 is 6.95. The van der Waals surface area contributed by atoms with Crippen LogP contribution in [-0.2, 0) is 11.3 Å². The lowest BCUT2D eigenvalue weighted by molar-refractivity contribution is -0.00201. The Morgan fingerprint density at radius 1 is 1.54 bits per heavy atom. The molecule has 1 atom stereocenters. The van der Waals surface area contributed by atoms with E-state index in [9.17, 15) is 5.11 Å². The molecule has 1 aromatic heterocycles. The number of aliphatic hydroxyl groups is 1. The van der Waals surface area contributed by atoms with Crippen LogP contribution >= 0.6 is 0 Å². The predicted molar refractivity (Wildman–Crippen MR) is 49.3 cm³/mol. The second kappa shape index (κ2) is 4.99. The number of hydrogen-bond acceptors (Lipinski definition) is 3. The van der Waals surface area contributed by atoms with Crippen LogP contribution in [0.25, 0.3) is 0 Å². The molecule has 1 rings (SSSR count). The van der Waals surface area contributed by atoms with E-state index in [1.807, 2.05) is 26.1 Å². The predicted octanol–water partition coefficient (Wildman–Crippen LogP) is 0.669. The van der Waals surface area contributed by atoms with E-state index >= 15 is 0 Å². The molecule has 4 heteroatoms. The highest BCUT2D eigenvalue weighted by Gasteiger charge is 2.06. The monoisotopic (exact) mass is 184 g/mol. The summed E-state index contributed by atoms with van der Waals surface area (Å²) in [5.74, 6) is 0. The highest BCUT2D eigenvalue weighted by atomic mass is 16.5. The van der Waals surface area contributed by atoms with Crippen molar-refractivity contribution in [1.82, 2.24) is 9.78 Å². The minimum absolute atomic E-state index is 0.160. The van der Waals surface area contributed by atoms with Crippen molar-refractivity contribution in [2.75, 3.05) is 6.61 Å². The van der Waals surface area contributed by atoms with Crippen LogP contribution in [0.15, 0.2) is 18.5 Å². The Bertz CT molecular complexity index is 222. The summed E-state index contributed by atoms with van der Waals surface area (Å²) in [7, 11) is 0. The van der Waals surface area contributed by atoms with Crippen LogP contribution in [0.4, 0.5) is 0 Å². The van der Waals surface area contributed by atoms with Gasteiger partial charge in [0, 0.05) is 12.4 Å². The van der Waals surface area contributed by atoms with Gasteiger partial charge in [-0.1, -0.05) is 0 Å². The zero-order chi connectivity index (χ0) is 9.68. The van der Waals surface area contributed by atoms with E-state index in [1.165, 1.54) is 0 Å². The molecule has 0 bridgehead atoms. The van der Waals surface area contributed by atoms with Gasteiger partial charge in [0.05, 0.1) is 25.4 Å². The van der Waals surface area contributed by atoms with Crippen molar-refractivity contribution in [3.8, 4) is 0 Å². The molecule has 0 saturated heterocycles. The third kappa shape index (κ3) is 4.05. The summed E-state index contributed by atoms with van der Waals surface area (Å²) in [6.45, 7) is 4.73. The number of rotatable bonds is 5. The van der Waals surface area contributed by atoms with E-state index < -0.39 is 6.10 Å². The van der Waals surface area contributed by atoms with E-state index in [4.69, 9.17) is 4.74 Å². The smallest absolute Gasteiger partial charge is 0.0969 e. The molecule has 0 aliphatic heterocycles. The van der Waals surface area contributed by atoms with E-state index in [1.54, 1.807) is 10.9 Å². The molecule has 0 radical (unpaired) electrons. The highest BCUT2D eigenvalue weighted by molar-refractivity contribution is 4.78. The molecule has 0 fully saturated rings. The van der Waals surface area contributed by atoms with Crippen molar-refractivity contribution in [3.05, 3.63) is 18.5 Å². The second-order valence-electron chi connectivity index (χ2n) is 3.26. The molecule has 0 aliphatic rings. The Balaban J connectivity index is 2.22. The lowest BCUT2D eigenvalue weighted by atomic mass is 10.4. The lowest BCUT2D eigenvalue weighted by Gasteiger charge is -2.13. The SMILES string of the molecule is CC(C)OCC(O)Cn1cccn1. The summed E-state index contributed by atoms with van der Waals surface area (Å²) in [5, 5.41) is 13.5. The molecule has 0 saturated carbocycles. The first kappa shape index (κ1) is 10.2. The van der Waals surface area contributed by atoms with Crippen LogP contribution in [0.1, 0.15) is 13.8 Å². The first-order valence-electron chi connectivity index (χ1n) is 4.45. The zero-order valence-corrected chi connectivity index (χ0v) is 8.05. The Labute approximate surface area is 78.1 Å². The van der Waals surface area contributed by atoms with Crippen molar-refractivity contribution >= 4 is 0 Å². The Kier molecular flexibility index (Phi) is 3.92. The van der Waals surface area contributed by atoms with Crippen LogP contribution in [0, 0.1) is 0 Å². The number of hydrogen-bond donors (Lipinski definition) is 1. The van der Waals surface area contributed by atoms with Crippen LogP contribution in [0.3, 0.4) is 0 Å². The first-order chi connectivity index (χ1) is 6.18. The molecule has 0 aliphatic carbocycles. The quantitative estimate of drug-likeness (QED) is 0.731. The van der Waals surface area contributed by atoms with E-state index in [-0.39, 0.29) is 6.10 Å². The van der Waals surface area contributed by atoms with E-state index in [2.05, 4.69) is 5.10 Å². The van der Waals surface area contributed by atoms with Gasteiger partial charge in [0.25, 0.3) is 0 Å². The van der Waals surface area contributed by atoms with Crippen molar-refractivity contribution in [2.45, 2.75) is 32.6 Å². The van der Waals surface area contributed by atoms with Crippen molar-refractivity contribution in [3.63, 3.8) is 0 Å². The Morgan fingerprint density at radius 3 is 2.85 bits per heavy atom. The summed E-state index contributed by atoms with van der Waals surface area (Å²) in [6, 6.07) is 1.83. The van der Waals surface area contributed by atoms with E-state index in [0.29, 0.717) is 13.2 Å². The first-order valence-corrected chi connectivity index (χ1v) is 4.45. The van der Waals surface area contributed by atoms with Crippen LogP contribution < -0.4 is 0 Å². The van der Waals surface area contributed by atoms with Crippen molar-refractivity contribution in [2.24, 2.45) is 0 Å². The zero-order valence-electron chi connectivity index (χ0n) is 8.05. The number of nitrogens with zero attached hydrogens (tertiary/aromatic N) is 2. The molecular formula is C9H16N2O2. The maximum absolute atomic E-state index is 9.48. The largest absolute Gasteiger partial charge is 0.389 e. The average molecular weight is 184 g/mol. The topological polar surface area (TPSA) is 47.3 Å². The van der Waals surface area contributed by atoms with Crippen LogP contribution in [0.2, 0.25) is 0 Å². The van der Waals surface area contributed by atoms with Gasteiger partial charge in [0.2, 0.25) is 0 Å². The summed E-state index contributed by atoms with van der Waals surface area (Å²) in [4.78, 5) is 0. The Morgan fingerprint density at radius 2 is 2.31 bits per heavy atom. The van der Waals surface area contributed by atoms with Gasteiger partial charge in [-0.3, -0.25) is 4.68 Å². The molecule has 1 aromatic rings. The fourth-order valence-corrected chi connectivity index (χ4v) is 0.981. The summed E-state index contributed by atoms with van der Waals surface area (Å²) >= 11 is 0. The third-order valence-corrected chi connectivity index (χ3v) is 1.58. The molecular weight excluding hydrogens is 168 g/mol. The highest BCUT2D eigenvalue weighted by Crippen LogP contribution is 1.95. The molecule has 1 heterocycles. The molecule has 13 heavy (non-hydrogen) atoms. The van der Waals surface area contributed by atoms with Gasteiger partial charge in [-0.15, -0.1) is 0 Å². The fraction of sp³-hybridized carbons (Fsp3) is 0.667. The van der Waals surface area contributed by atoms with Crippen LogP contribution in [-0.4, -0.2) is 33.7 Å². The van der Waals surface area contributed by atoms with Crippen LogP contribution in [0.5, 0.6) is 0 Å². The van der Waals surface area contributed by atoms with Crippen molar-refractivity contribution < 1.29 is 9.84 Å². The molecule has 4 nitrogen and oxygen atoms in total. The van der Waals surface area contributed by atoms with Gasteiger partial charge in [-0.05, 0) is 19.9 Å². The van der Waals surface area contributed by atoms with Gasteiger partial charge in [-0.2, -0.15) is 5.10 Å². The summed E-state index contributed by atoms with van der Waals surface area (Å²) in [5.41, 5.74) is 0. The average Bonchev–Trinajstić information content (AvgIpc) is 2.53. The van der Waals surface area contributed by atoms with Gasteiger partial charge in [0.1, 0.15) is 0 Å². The molecule has 74 valence electrons. The maximum Gasteiger partial charge on any atom is 0.0969 e. The van der Waals surface area contributed by atoms with Gasteiger partial charge in [-0.25, -0.2) is 0 Å². The Hall–Kier alpha value is -0.870. The second-order valence-corrected chi connectivity index (χ2v) is 3.26. The molecule has 0 amide bonds. The summed E-state index contributed by atoms with van der Waals surface area (Å²) in [6.07, 6.45) is 3.18. The molecule has 1 N–H and O–H groups in total. The molecule has 1 unspecified atom stereocenters. The van der Waals surface area contributed by atoms with Gasteiger partial charge >= 0.3 is 0 Å². The number of aromatic nitrogens is 2. The molecule has 0 spiro atoms. The van der Waals surface area contributed by atoms with Gasteiger partial charge in [0.15, 0.2) is 0 Å². The van der Waals surface area contributed by atoms with E-state index in [0.717, 1.165) is 0 Å². The normalized spacial score (nSPS) is 13.5. The maximum atomic E-state index is 9.48. The van der Waals surface area contributed by atoms with Gasteiger partial charge < -0.3 is 9.84 Å². The standard InChI is InChI=1S/C9H16N2O2/c1-8(2)13-7-9(12)6-11-5-3-4-10-11/h3-5,8-9,12H,6-7H2,1-2H3. The lowest BCUT2D eigenvalue weighted by Crippen LogP contribution is -2.23. The number of ether oxygens (including phenoxy) is 1. The minimum Gasteiger partial charge on any atom is -0.389 e. The number of aliphatic hydroxyl groups excluding tert-OH is 1. The van der Waals surface area contributed by atoms with Crippen molar-refractivity contribution in [1.29, 1.82) is 0 Å². The fourth-order valence-electron chi connectivity index (χ4n) is 0.981. The third-order valence-electron chi connectivity index (χ3n) is 1.58. The molecule has 0 aromatic carbocycles. The minimum atomic E-state index is -0.484.